The molecule has 5 nitrogen and oxygen atoms in total. The van der Waals surface area contributed by atoms with E-state index in [-0.39, 0.29) is 24.0 Å². The van der Waals surface area contributed by atoms with E-state index in [4.69, 9.17) is 0 Å². The highest BCUT2D eigenvalue weighted by Gasteiger charge is 2.20. The van der Waals surface area contributed by atoms with Crippen molar-refractivity contribution < 1.29 is 8.78 Å². The summed E-state index contributed by atoms with van der Waals surface area (Å²) in [6, 6.07) is 4.47. The molecular weight excluding hydrogens is 507 g/mol. The number of hydrogen-bond acceptors (Lipinski definition) is 4. The van der Waals surface area contributed by atoms with Crippen molar-refractivity contribution in [2.45, 2.75) is 45.3 Å². The molecule has 2 heterocycles. The van der Waals surface area contributed by atoms with Gasteiger partial charge in [0.1, 0.15) is 0 Å². The van der Waals surface area contributed by atoms with Crippen LogP contribution in [0.25, 0.3) is 0 Å². The second-order valence-electron chi connectivity index (χ2n) is 6.96. The molecule has 1 aromatic heterocycles. The first-order valence-corrected chi connectivity index (χ1v) is 10.5. The zero-order chi connectivity index (χ0) is 19.9. The van der Waals surface area contributed by atoms with Gasteiger partial charge in [-0.3, -0.25) is 9.89 Å². The zero-order valence-corrected chi connectivity index (χ0v) is 19.9. The molecule has 29 heavy (non-hydrogen) atoms. The van der Waals surface area contributed by atoms with Crippen LogP contribution in [0.1, 0.15) is 36.0 Å². The Morgan fingerprint density at radius 2 is 2.03 bits per heavy atom. The van der Waals surface area contributed by atoms with Crippen molar-refractivity contribution in [2.75, 3.05) is 20.1 Å². The third-order valence-corrected chi connectivity index (χ3v) is 5.92. The fourth-order valence-corrected chi connectivity index (χ4v) is 4.03. The summed E-state index contributed by atoms with van der Waals surface area (Å²) in [6.07, 6.45) is 2.91. The molecule has 0 bridgehead atoms. The summed E-state index contributed by atoms with van der Waals surface area (Å²) in [5.74, 6) is -0.797. The van der Waals surface area contributed by atoms with Crippen molar-refractivity contribution in [3.63, 3.8) is 0 Å². The minimum atomic E-state index is -0.797. The average molecular weight is 535 g/mol. The monoisotopic (exact) mass is 535 g/mol. The first-order chi connectivity index (χ1) is 13.6. The standard InChI is InChI=1S/C20H27F2N5S.HI/c1-3-19-25-16(13-28-19)11-24-20(23-2)26-15-6-8-27(9-7-15)12-14-4-5-17(21)18(22)10-14;/h4-5,10,13,15H,3,6-9,11-12H2,1-2H3,(H2,23,24,26);1H. The van der Waals surface area contributed by atoms with Gasteiger partial charge in [-0.1, -0.05) is 13.0 Å². The van der Waals surface area contributed by atoms with Crippen molar-refractivity contribution in [2.24, 2.45) is 4.99 Å². The van der Waals surface area contributed by atoms with E-state index in [1.807, 2.05) is 0 Å². The molecule has 160 valence electrons. The largest absolute Gasteiger partial charge is 0.354 e. The third-order valence-electron chi connectivity index (χ3n) is 4.88. The van der Waals surface area contributed by atoms with Gasteiger partial charge >= 0.3 is 0 Å². The van der Waals surface area contributed by atoms with E-state index in [9.17, 15) is 8.78 Å². The Hall–Kier alpha value is -1.33. The molecule has 0 atom stereocenters. The van der Waals surface area contributed by atoms with Crippen LogP contribution in [0.2, 0.25) is 0 Å². The lowest BCUT2D eigenvalue weighted by molar-refractivity contribution is 0.198. The number of aromatic nitrogens is 1. The van der Waals surface area contributed by atoms with Crippen LogP contribution >= 0.6 is 35.3 Å². The zero-order valence-electron chi connectivity index (χ0n) is 16.8. The van der Waals surface area contributed by atoms with Crippen LogP contribution in [0.15, 0.2) is 28.6 Å². The maximum absolute atomic E-state index is 13.4. The Kier molecular flexibility index (Phi) is 9.70. The van der Waals surface area contributed by atoms with Gasteiger partial charge in [0, 0.05) is 38.1 Å². The summed E-state index contributed by atoms with van der Waals surface area (Å²) in [4.78, 5) is 11.1. The van der Waals surface area contributed by atoms with E-state index in [1.54, 1.807) is 24.5 Å². The number of guanidine groups is 1. The highest BCUT2D eigenvalue weighted by atomic mass is 127. The number of nitrogens with zero attached hydrogens (tertiary/aromatic N) is 3. The van der Waals surface area contributed by atoms with Crippen LogP contribution in [0.3, 0.4) is 0 Å². The van der Waals surface area contributed by atoms with Crippen molar-refractivity contribution in [3.8, 4) is 0 Å². The maximum atomic E-state index is 13.4. The second kappa shape index (κ2) is 11.8. The van der Waals surface area contributed by atoms with Crippen LogP contribution in [-0.4, -0.2) is 42.0 Å². The third kappa shape index (κ3) is 7.14. The molecule has 9 heteroatoms. The van der Waals surface area contributed by atoms with Crippen LogP contribution in [-0.2, 0) is 19.5 Å². The van der Waals surface area contributed by atoms with Crippen LogP contribution in [0.5, 0.6) is 0 Å². The molecule has 1 aliphatic rings. The molecular formula is C20H28F2IN5S. The first-order valence-electron chi connectivity index (χ1n) is 9.64. The highest BCUT2D eigenvalue weighted by molar-refractivity contribution is 14.0. The lowest BCUT2D eigenvalue weighted by Crippen LogP contribution is -2.48. The molecule has 1 saturated heterocycles. The van der Waals surface area contributed by atoms with Gasteiger partial charge in [0.2, 0.25) is 0 Å². The molecule has 1 aliphatic heterocycles. The van der Waals surface area contributed by atoms with Gasteiger partial charge in [0.25, 0.3) is 0 Å². The molecule has 0 unspecified atom stereocenters. The van der Waals surface area contributed by atoms with E-state index < -0.39 is 11.6 Å². The molecule has 0 spiro atoms. The predicted octanol–water partition coefficient (Wildman–Crippen LogP) is 3.93. The average Bonchev–Trinajstić information content (AvgIpc) is 3.17. The van der Waals surface area contributed by atoms with Gasteiger partial charge in [0.15, 0.2) is 17.6 Å². The van der Waals surface area contributed by atoms with Gasteiger partial charge in [0.05, 0.1) is 17.2 Å². The molecule has 0 amide bonds. The number of piperidine rings is 1. The number of aryl methyl sites for hydroxylation is 1. The number of halogens is 3. The molecule has 1 aromatic carbocycles. The quantitative estimate of drug-likeness (QED) is 0.335. The Labute approximate surface area is 192 Å². The summed E-state index contributed by atoms with van der Waals surface area (Å²) in [5, 5.41) is 10.0. The van der Waals surface area contributed by atoms with Crippen molar-refractivity contribution in [1.82, 2.24) is 20.5 Å². The summed E-state index contributed by atoms with van der Waals surface area (Å²) in [7, 11) is 1.77. The smallest absolute Gasteiger partial charge is 0.191 e. The topological polar surface area (TPSA) is 52.6 Å². The molecule has 0 radical (unpaired) electrons. The van der Waals surface area contributed by atoms with Crippen LogP contribution in [0, 0.1) is 11.6 Å². The van der Waals surface area contributed by atoms with E-state index >= 15 is 0 Å². The maximum Gasteiger partial charge on any atom is 0.191 e. The predicted molar refractivity (Wildman–Crippen MR) is 125 cm³/mol. The van der Waals surface area contributed by atoms with Crippen molar-refractivity contribution in [3.05, 3.63) is 51.5 Å². The second-order valence-corrected chi connectivity index (χ2v) is 7.90. The number of benzene rings is 1. The fraction of sp³-hybridized carbons (Fsp3) is 0.500. The van der Waals surface area contributed by atoms with Crippen LogP contribution < -0.4 is 10.6 Å². The first kappa shape index (κ1) is 23.9. The van der Waals surface area contributed by atoms with Gasteiger partial charge < -0.3 is 10.6 Å². The molecule has 3 rings (SSSR count). The SMILES string of the molecule is CCc1nc(CNC(=NC)NC2CCN(Cc3ccc(F)c(F)c3)CC2)cs1.I. The normalized spacial score (nSPS) is 15.8. The van der Waals surface area contributed by atoms with E-state index in [0.29, 0.717) is 19.1 Å². The lowest BCUT2D eigenvalue weighted by Gasteiger charge is -2.33. The number of likely N-dealkylation sites (tertiary alicyclic amines) is 1. The Balaban J connectivity index is 0.00000300. The minimum Gasteiger partial charge on any atom is -0.354 e. The summed E-state index contributed by atoms with van der Waals surface area (Å²) >= 11 is 1.69. The number of aliphatic imine (C=N–C) groups is 1. The Bertz CT molecular complexity index is 806. The van der Waals surface area contributed by atoms with Crippen molar-refractivity contribution in [1.29, 1.82) is 0 Å². The minimum absolute atomic E-state index is 0. The molecule has 2 aromatic rings. The van der Waals surface area contributed by atoms with E-state index in [1.165, 1.54) is 12.1 Å². The van der Waals surface area contributed by atoms with E-state index in [0.717, 1.165) is 54.6 Å². The molecule has 0 aliphatic carbocycles. The number of rotatable bonds is 6. The van der Waals surface area contributed by atoms with Gasteiger partial charge in [-0.25, -0.2) is 13.8 Å². The van der Waals surface area contributed by atoms with Crippen molar-refractivity contribution >= 4 is 41.3 Å². The van der Waals surface area contributed by atoms with E-state index in [2.05, 4.69) is 37.8 Å². The number of nitrogens with one attached hydrogen (secondary N) is 2. The molecule has 1 fully saturated rings. The Morgan fingerprint density at radius 3 is 2.66 bits per heavy atom. The van der Waals surface area contributed by atoms with Gasteiger partial charge in [-0.2, -0.15) is 0 Å². The van der Waals surface area contributed by atoms with Gasteiger partial charge in [-0.05, 0) is 37.0 Å². The molecule has 2 N–H and O–H groups in total. The summed E-state index contributed by atoms with van der Waals surface area (Å²) < 4.78 is 26.4. The highest BCUT2D eigenvalue weighted by Crippen LogP contribution is 2.16. The summed E-state index contributed by atoms with van der Waals surface area (Å²) in [5.41, 5.74) is 1.84. The van der Waals surface area contributed by atoms with Crippen LogP contribution in [0.4, 0.5) is 8.78 Å². The number of hydrogen-bond donors (Lipinski definition) is 2. The lowest BCUT2D eigenvalue weighted by atomic mass is 10.0. The molecule has 0 saturated carbocycles. The fourth-order valence-electron chi connectivity index (χ4n) is 3.29. The van der Waals surface area contributed by atoms with Gasteiger partial charge in [-0.15, -0.1) is 35.3 Å². The summed E-state index contributed by atoms with van der Waals surface area (Å²) in [6.45, 7) is 5.21. The number of thiazole rings is 1. The Morgan fingerprint density at radius 1 is 1.28 bits per heavy atom.